The molecule has 0 radical (unpaired) electrons. The van der Waals surface area contributed by atoms with E-state index >= 15 is 0 Å². The Morgan fingerprint density at radius 3 is 2.84 bits per heavy atom. The molecule has 1 atom stereocenters. The van der Waals surface area contributed by atoms with E-state index in [0.29, 0.717) is 13.0 Å². The molecule has 0 aromatic rings. The molecule has 1 aliphatic rings. The number of nitrogens with zero attached hydrogens (tertiary/aromatic N) is 1. The zero-order valence-electron chi connectivity index (χ0n) is 16.0. The second kappa shape index (κ2) is 13.9. The molecule has 0 aromatic carbocycles. The number of piperidine rings is 1. The van der Waals surface area contributed by atoms with Crippen molar-refractivity contribution >= 4 is 11.9 Å². The van der Waals surface area contributed by atoms with Crippen molar-refractivity contribution in [3.8, 4) is 0 Å². The van der Waals surface area contributed by atoms with Gasteiger partial charge in [-0.1, -0.05) is 38.3 Å². The lowest BCUT2D eigenvalue weighted by molar-refractivity contribution is -0.145. The third kappa shape index (κ3) is 9.63. The molecule has 0 N–H and O–H groups in total. The van der Waals surface area contributed by atoms with E-state index in [9.17, 15) is 9.59 Å². The van der Waals surface area contributed by atoms with Gasteiger partial charge in [0.25, 0.3) is 0 Å². The minimum Gasteiger partial charge on any atom is -0.467 e. The predicted molar refractivity (Wildman–Crippen MR) is 99.3 cm³/mol. The van der Waals surface area contributed by atoms with E-state index in [4.69, 9.17) is 4.74 Å². The van der Waals surface area contributed by atoms with Gasteiger partial charge in [-0.2, -0.15) is 0 Å². The molecule has 1 saturated heterocycles. The summed E-state index contributed by atoms with van der Waals surface area (Å²) in [4.78, 5) is 25.2. The number of allylic oxidation sites excluding steroid dienone is 1. The van der Waals surface area contributed by atoms with Gasteiger partial charge in [0.2, 0.25) is 5.91 Å². The first-order valence-electron chi connectivity index (χ1n) is 9.79. The summed E-state index contributed by atoms with van der Waals surface area (Å²) in [6, 6.07) is 0.253. The number of rotatable bonds is 13. The van der Waals surface area contributed by atoms with Gasteiger partial charge in [0.1, 0.15) is 6.61 Å². The summed E-state index contributed by atoms with van der Waals surface area (Å²) in [6.45, 7) is 3.52. The first-order chi connectivity index (χ1) is 12.2. The van der Waals surface area contributed by atoms with Crippen LogP contribution in [0.2, 0.25) is 0 Å². The van der Waals surface area contributed by atoms with E-state index in [2.05, 4.69) is 23.8 Å². The van der Waals surface area contributed by atoms with Gasteiger partial charge in [0, 0.05) is 25.6 Å². The molecule has 1 rings (SSSR count). The number of carbonyl (C=O) groups is 2. The van der Waals surface area contributed by atoms with Crippen LogP contribution in [-0.4, -0.2) is 49.7 Å². The van der Waals surface area contributed by atoms with E-state index in [0.717, 1.165) is 38.6 Å². The average Bonchev–Trinajstić information content (AvgIpc) is 2.62. The Labute approximate surface area is 152 Å². The van der Waals surface area contributed by atoms with Crippen LogP contribution < -0.4 is 0 Å². The van der Waals surface area contributed by atoms with Crippen molar-refractivity contribution in [3.05, 3.63) is 12.2 Å². The number of amides is 1. The Kier molecular flexibility index (Phi) is 12.0. The van der Waals surface area contributed by atoms with Gasteiger partial charge < -0.3 is 14.4 Å². The van der Waals surface area contributed by atoms with Gasteiger partial charge in [-0.15, -0.1) is 0 Å². The van der Waals surface area contributed by atoms with Gasteiger partial charge in [-0.3, -0.25) is 4.79 Å². The maximum atomic E-state index is 12.2. The Balaban J connectivity index is 2.26. The van der Waals surface area contributed by atoms with Crippen LogP contribution in [-0.2, 0) is 19.1 Å². The summed E-state index contributed by atoms with van der Waals surface area (Å²) in [5, 5.41) is 0. The van der Waals surface area contributed by atoms with Crippen LogP contribution in [0.15, 0.2) is 12.2 Å². The molecule has 5 heteroatoms. The van der Waals surface area contributed by atoms with Crippen molar-refractivity contribution < 1.29 is 19.1 Å². The Morgan fingerprint density at radius 2 is 2.08 bits per heavy atom. The molecule has 5 nitrogen and oxygen atoms in total. The van der Waals surface area contributed by atoms with E-state index in [1.54, 1.807) is 0 Å². The van der Waals surface area contributed by atoms with E-state index in [-0.39, 0.29) is 24.5 Å². The lowest BCUT2D eigenvalue weighted by atomic mass is 10.00. The van der Waals surface area contributed by atoms with Crippen molar-refractivity contribution in [1.82, 2.24) is 4.90 Å². The number of likely N-dealkylation sites (tertiary alicyclic amines) is 1. The highest BCUT2D eigenvalue weighted by Gasteiger charge is 2.25. The number of esters is 1. The standard InChI is InChI=1S/C20H35NO4/c1-3-4-5-6-7-8-12-18-13-11-14-19(22)21(18)15-9-10-16-25-17-20(23)24-2/h8,12,18H,3-7,9-11,13-17H2,1-2H3/b12-8+. The smallest absolute Gasteiger partial charge is 0.331 e. The fourth-order valence-electron chi connectivity index (χ4n) is 3.08. The zero-order chi connectivity index (χ0) is 18.3. The van der Waals surface area contributed by atoms with Gasteiger partial charge in [0.15, 0.2) is 0 Å². The van der Waals surface area contributed by atoms with E-state index in [1.165, 1.54) is 32.8 Å². The SMILES string of the molecule is CCCCCC/C=C/C1CCCC(=O)N1CCCCOCC(=O)OC. The third-order valence-electron chi connectivity index (χ3n) is 4.58. The molecular weight excluding hydrogens is 318 g/mol. The summed E-state index contributed by atoms with van der Waals surface area (Å²) in [6.07, 6.45) is 15.2. The summed E-state index contributed by atoms with van der Waals surface area (Å²) in [7, 11) is 1.35. The molecule has 1 heterocycles. The molecule has 0 aliphatic carbocycles. The minimum absolute atomic E-state index is 0.00252. The Hall–Kier alpha value is -1.36. The number of methoxy groups -OCH3 is 1. The summed E-state index contributed by atoms with van der Waals surface area (Å²) >= 11 is 0. The molecule has 0 spiro atoms. The molecular formula is C20H35NO4. The molecule has 1 aliphatic heterocycles. The van der Waals surface area contributed by atoms with Crippen LogP contribution >= 0.6 is 0 Å². The molecule has 1 unspecified atom stereocenters. The predicted octanol–water partition coefficient (Wildman–Crippen LogP) is 3.86. The number of hydrogen-bond donors (Lipinski definition) is 0. The monoisotopic (exact) mass is 353 g/mol. The van der Waals surface area contributed by atoms with Gasteiger partial charge in [0.05, 0.1) is 7.11 Å². The number of carbonyl (C=O) groups excluding carboxylic acids is 2. The molecule has 25 heavy (non-hydrogen) atoms. The molecule has 1 amide bonds. The summed E-state index contributed by atoms with van der Waals surface area (Å²) < 4.78 is 9.77. The van der Waals surface area contributed by atoms with Gasteiger partial charge >= 0.3 is 5.97 Å². The zero-order valence-corrected chi connectivity index (χ0v) is 16.0. The Bertz CT molecular complexity index is 409. The van der Waals surface area contributed by atoms with E-state index in [1.807, 2.05) is 4.90 Å². The van der Waals surface area contributed by atoms with E-state index < -0.39 is 0 Å². The van der Waals surface area contributed by atoms with Crippen molar-refractivity contribution in [2.75, 3.05) is 26.9 Å². The normalized spacial score (nSPS) is 18.1. The van der Waals surface area contributed by atoms with Gasteiger partial charge in [-0.25, -0.2) is 4.79 Å². The fourth-order valence-corrected chi connectivity index (χ4v) is 3.08. The molecule has 0 bridgehead atoms. The maximum Gasteiger partial charge on any atom is 0.331 e. The van der Waals surface area contributed by atoms with Crippen LogP contribution in [0.5, 0.6) is 0 Å². The average molecular weight is 354 g/mol. The number of ether oxygens (including phenoxy) is 2. The first kappa shape index (κ1) is 21.7. The second-order valence-corrected chi connectivity index (χ2v) is 6.66. The molecule has 144 valence electrons. The number of unbranched alkanes of at least 4 members (excludes halogenated alkanes) is 5. The lowest BCUT2D eigenvalue weighted by Crippen LogP contribution is -2.43. The molecule has 1 fully saturated rings. The van der Waals surface area contributed by atoms with Crippen LogP contribution in [0.25, 0.3) is 0 Å². The minimum atomic E-state index is -0.352. The van der Waals surface area contributed by atoms with Crippen molar-refractivity contribution in [2.45, 2.75) is 77.2 Å². The quantitative estimate of drug-likeness (QED) is 0.287. The summed E-state index contributed by atoms with van der Waals surface area (Å²) in [5.41, 5.74) is 0. The van der Waals surface area contributed by atoms with Crippen LogP contribution in [0.3, 0.4) is 0 Å². The topological polar surface area (TPSA) is 55.8 Å². The van der Waals surface area contributed by atoms with Crippen LogP contribution in [0.4, 0.5) is 0 Å². The number of hydrogen-bond acceptors (Lipinski definition) is 4. The van der Waals surface area contributed by atoms with Crippen molar-refractivity contribution in [2.24, 2.45) is 0 Å². The maximum absolute atomic E-state index is 12.2. The largest absolute Gasteiger partial charge is 0.467 e. The highest BCUT2D eigenvalue weighted by molar-refractivity contribution is 5.77. The highest BCUT2D eigenvalue weighted by atomic mass is 16.6. The van der Waals surface area contributed by atoms with Crippen LogP contribution in [0.1, 0.15) is 71.1 Å². The van der Waals surface area contributed by atoms with Crippen LogP contribution in [0, 0.1) is 0 Å². The first-order valence-corrected chi connectivity index (χ1v) is 9.79. The third-order valence-corrected chi connectivity index (χ3v) is 4.58. The molecule has 0 aromatic heterocycles. The van der Waals surface area contributed by atoms with Crippen molar-refractivity contribution in [3.63, 3.8) is 0 Å². The Morgan fingerprint density at radius 1 is 1.24 bits per heavy atom. The lowest BCUT2D eigenvalue weighted by Gasteiger charge is -2.34. The molecule has 0 saturated carbocycles. The summed E-state index contributed by atoms with van der Waals surface area (Å²) in [5.74, 6) is -0.0855. The van der Waals surface area contributed by atoms with Gasteiger partial charge in [-0.05, 0) is 38.5 Å². The highest BCUT2D eigenvalue weighted by Crippen LogP contribution is 2.20. The fraction of sp³-hybridized carbons (Fsp3) is 0.800. The van der Waals surface area contributed by atoms with Crippen molar-refractivity contribution in [1.29, 1.82) is 0 Å². The second-order valence-electron chi connectivity index (χ2n) is 6.66.